The number of nitrogens with zero attached hydrogens (tertiary/aromatic N) is 1. The van der Waals surface area contributed by atoms with Gasteiger partial charge in [0.1, 0.15) is 6.10 Å². The van der Waals surface area contributed by atoms with Crippen molar-refractivity contribution in [1.29, 1.82) is 0 Å². The summed E-state index contributed by atoms with van der Waals surface area (Å²) < 4.78 is 5.06. The molecule has 5 N–H and O–H groups in total. The van der Waals surface area contributed by atoms with Gasteiger partial charge in [0, 0.05) is 13.1 Å². The summed E-state index contributed by atoms with van der Waals surface area (Å²) in [5.41, 5.74) is 2.83. The van der Waals surface area contributed by atoms with Crippen LogP contribution in [-0.2, 0) is 19.1 Å². The van der Waals surface area contributed by atoms with E-state index in [4.69, 9.17) is 20.7 Å². The largest absolute Gasteiger partial charge is 0.481 e. The smallest absolute Gasteiger partial charge is 0.336 e. The van der Waals surface area contributed by atoms with E-state index in [9.17, 15) is 19.5 Å². The van der Waals surface area contributed by atoms with Gasteiger partial charge in [0.25, 0.3) is 0 Å². The Morgan fingerprint density at radius 1 is 1.17 bits per heavy atom. The van der Waals surface area contributed by atoms with Crippen molar-refractivity contribution >= 4 is 17.9 Å². The van der Waals surface area contributed by atoms with Crippen molar-refractivity contribution in [3.8, 4) is 0 Å². The van der Waals surface area contributed by atoms with Crippen LogP contribution in [0.25, 0.3) is 0 Å². The van der Waals surface area contributed by atoms with Crippen molar-refractivity contribution in [2.45, 2.75) is 44.8 Å². The molecule has 134 valence electrons. The molecule has 0 spiro atoms. The summed E-state index contributed by atoms with van der Waals surface area (Å²) in [5.74, 6) is -4.31. The highest BCUT2D eigenvalue weighted by Gasteiger charge is 2.41. The predicted molar refractivity (Wildman–Crippen MR) is 80.8 cm³/mol. The number of carboxylic acids is 2. The van der Waals surface area contributed by atoms with E-state index >= 15 is 0 Å². The van der Waals surface area contributed by atoms with Gasteiger partial charge in [-0.1, -0.05) is 13.8 Å². The minimum absolute atomic E-state index is 0.0530. The first kappa shape index (κ1) is 21.3. The molecule has 0 aromatic heterocycles. The summed E-state index contributed by atoms with van der Waals surface area (Å²) in [5, 5.41) is 27.3. The van der Waals surface area contributed by atoms with Crippen molar-refractivity contribution < 1.29 is 34.4 Å². The molecule has 23 heavy (non-hydrogen) atoms. The summed E-state index contributed by atoms with van der Waals surface area (Å²) in [6.45, 7) is 6.35. The maximum absolute atomic E-state index is 11.8. The molecule has 0 aromatic rings. The van der Waals surface area contributed by atoms with Gasteiger partial charge in [-0.3, -0.25) is 9.59 Å². The topological polar surface area (TPSA) is 150 Å². The van der Waals surface area contributed by atoms with Crippen LogP contribution in [0.3, 0.4) is 0 Å². The van der Waals surface area contributed by atoms with E-state index in [1.54, 1.807) is 0 Å². The van der Waals surface area contributed by atoms with Crippen LogP contribution in [0.15, 0.2) is 0 Å². The third-order valence-corrected chi connectivity index (χ3v) is 3.50. The second-order valence-electron chi connectivity index (χ2n) is 5.25. The molecule has 9 nitrogen and oxygen atoms in total. The van der Waals surface area contributed by atoms with E-state index in [0.717, 1.165) is 13.1 Å². The summed E-state index contributed by atoms with van der Waals surface area (Å²) in [6.07, 6.45) is -2.19. The number of carbonyl (C=O) groups excluding carboxylic acids is 1. The van der Waals surface area contributed by atoms with Crippen LogP contribution in [0, 0.1) is 0 Å². The number of hydrogen-bond donors (Lipinski definition) is 4. The van der Waals surface area contributed by atoms with Crippen LogP contribution >= 0.6 is 0 Å². The van der Waals surface area contributed by atoms with E-state index in [2.05, 4.69) is 4.90 Å². The third-order valence-electron chi connectivity index (χ3n) is 3.50. The SMILES string of the molecule is CCN(CC)CCC(CN)OC(=O)CC(O)(CC(=O)O)C(=O)O. The minimum Gasteiger partial charge on any atom is -0.481 e. The lowest BCUT2D eigenvalue weighted by atomic mass is 9.96. The number of carboxylic acid groups (broad SMARTS) is 2. The van der Waals surface area contributed by atoms with Crippen LogP contribution in [0.1, 0.15) is 33.1 Å². The Morgan fingerprint density at radius 3 is 2.13 bits per heavy atom. The standard InChI is InChI=1S/C14H26N2O7/c1-3-16(4-2)6-5-10(9-15)23-12(19)8-14(22,13(20)21)7-11(17)18/h10,22H,3-9,15H2,1-2H3,(H,17,18)(H,20,21). The zero-order valence-corrected chi connectivity index (χ0v) is 13.5. The fourth-order valence-corrected chi connectivity index (χ4v) is 2.02. The van der Waals surface area contributed by atoms with Crippen LogP contribution in [0.2, 0.25) is 0 Å². The lowest BCUT2D eigenvalue weighted by Crippen LogP contribution is -2.44. The molecule has 0 heterocycles. The normalized spacial score (nSPS) is 15.0. The number of rotatable bonds is 12. The second kappa shape index (κ2) is 10.1. The highest BCUT2D eigenvalue weighted by atomic mass is 16.5. The number of nitrogens with two attached hydrogens (primary N) is 1. The highest BCUT2D eigenvalue weighted by molar-refractivity contribution is 5.88. The number of ether oxygens (including phenoxy) is 1. The first-order chi connectivity index (χ1) is 10.7. The molecule has 0 aromatic carbocycles. The molecule has 0 rings (SSSR count). The number of esters is 1. The summed E-state index contributed by atoms with van der Waals surface area (Å²) in [6, 6.07) is 0. The quantitative estimate of drug-likeness (QED) is 0.339. The van der Waals surface area contributed by atoms with Gasteiger partial charge < -0.3 is 30.7 Å². The Kier molecular flexibility index (Phi) is 9.38. The molecule has 0 aliphatic rings. The molecule has 0 saturated heterocycles. The Labute approximate surface area is 135 Å². The lowest BCUT2D eigenvalue weighted by molar-refractivity contribution is -0.173. The van der Waals surface area contributed by atoms with Gasteiger partial charge in [-0.2, -0.15) is 0 Å². The molecule has 0 saturated carbocycles. The maximum Gasteiger partial charge on any atom is 0.336 e. The molecule has 2 unspecified atom stereocenters. The summed E-state index contributed by atoms with van der Waals surface area (Å²) in [4.78, 5) is 35.5. The molecular weight excluding hydrogens is 308 g/mol. The minimum atomic E-state index is -2.69. The van der Waals surface area contributed by atoms with E-state index in [1.165, 1.54) is 0 Å². The Morgan fingerprint density at radius 2 is 1.74 bits per heavy atom. The van der Waals surface area contributed by atoms with Crippen molar-refractivity contribution in [3.63, 3.8) is 0 Å². The van der Waals surface area contributed by atoms with Gasteiger partial charge in [0.2, 0.25) is 0 Å². The molecule has 9 heteroatoms. The second-order valence-corrected chi connectivity index (χ2v) is 5.25. The fraction of sp³-hybridized carbons (Fsp3) is 0.786. The average Bonchev–Trinajstić information content (AvgIpc) is 2.45. The first-order valence-corrected chi connectivity index (χ1v) is 7.47. The molecule has 0 aliphatic heterocycles. The monoisotopic (exact) mass is 334 g/mol. The van der Waals surface area contributed by atoms with Crippen LogP contribution in [0.4, 0.5) is 0 Å². The number of aliphatic hydroxyl groups is 1. The van der Waals surface area contributed by atoms with Crippen molar-refractivity contribution in [3.05, 3.63) is 0 Å². The number of aliphatic carboxylic acids is 2. The molecule has 0 bridgehead atoms. The zero-order chi connectivity index (χ0) is 18.0. The molecule has 2 atom stereocenters. The first-order valence-electron chi connectivity index (χ1n) is 7.47. The highest BCUT2D eigenvalue weighted by Crippen LogP contribution is 2.18. The van der Waals surface area contributed by atoms with Gasteiger partial charge >= 0.3 is 17.9 Å². The number of hydrogen-bond acceptors (Lipinski definition) is 7. The zero-order valence-electron chi connectivity index (χ0n) is 13.5. The van der Waals surface area contributed by atoms with E-state index in [-0.39, 0.29) is 6.54 Å². The van der Waals surface area contributed by atoms with E-state index in [1.807, 2.05) is 13.8 Å². The van der Waals surface area contributed by atoms with Crippen LogP contribution in [-0.4, -0.2) is 76.0 Å². The Bertz CT molecular complexity index is 412. The van der Waals surface area contributed by atoms with E-state index < -0.39 is 42.5 Å². The molecule has 0 radical (unpaired) electrons. The average molecular weight is 334 g/mol. The van der Waals surface area contributed by atoms with Crippen molar-refractivity contribution in [2.24, 2.45) is 5.73 Å². The summed E-state index contributed by atoms with van der Waals surface area (Å²) >= 11 is 0. The molecular formula is C14H26N2O7. The van der Waals surface area contributed by atoms with Crippen LogP contribution in [0.5, 0.6) is 0 Å². The summed E-state index contributed by atoms with van der Waals surface area (Å²) in [7, 11) is 0. The molecule has 0 fully saturated rings. The Hall–Kier alpha value is -1.71. The number of carbonyl (C=O) groups is 3. The third kappa shape index (κ3) is 7.91. The maximum atomic E-state index is 11.8. The van der Waals surface area contributed by atoms with Gasteiger partial charge in [0.15, 0.2) is 5.60 Å². The van der Waals surface area contributed by atoms with Gasteiger partial charge in [0.05, 0.1) is 12.8 Å². The van der Waals surface area contributed by atoms with Crippen molar-refractivity contribution in [2.75, 3.05) is 26.2 Å². The van der Waals surface area contributed by atoms with Gasteiger partial charge in [-0.05, 0) is 19.5 Å². The molecule has 0 amide bonds. The van der Waals surface area contributed by atoms with Gasteiger partial charge in [-0.15, -0.1) is 0 Å². The lowest BCUT2D eigenvalue weighted by Gasteiger charge is -2.24. The fourth-order valence-electron chi connectivity index (χ4n) is 2.02. The van der Waals surface area contributed by atoms with Crippen LogP contribution < -0.4 is 5.73 Å². The Balaban J connectivity index is 4.63. The van der Waals surface area contributed by atoms with Gasteiger partial charge in [-0.25, -0.2) is 4.79 Å². The predicted octanol–water partition coefficient (Wildman–Crippen LogP) is -0.731. The molecule has 0 aliphatic carbocycles. The van der Waals surface area contributed by atoms with Crippen molar-refractivity contribution in [1.82, 2.24) is 4.90 Å². The van der Waals surface area contributed by atoms with E-state index in [0.29, 0.717) is 13.0 Å².